The molecule has 0 fully saturated rings. The highest BCUT2D eigenvalue weighted by molar-refractivity contribution is 9.10. The molecule has 1 N–H and O–H groups in total. The minimum atomic E-state index is -0.682. The van der Waals surface area contributed by atoms with Crippen molar-refractivity contribution in [1.29, 1.82) is 0 Å². The van der Waals surface area contributed by atoms with Gasteiger partial charge in [0.05, 0.1) is 0 Å². The molecule has 0 bridgehead atoms. The van der Waals surface area contributed by atoms with E-state index >= 15 is 0 Å². The molecule has 2 amide bonds. The molecule has 0 aromatic heterocycles. The van der Waals surface area contributed by atoms with Crippen LogP contribution in [0.15, 0.2) is 77.3 Å². The monoisotopic (exact) mass is 536 g/mol. The molecule has 3 aromatic rings. The molecule has 0 spiro atoms. The number of halogens is 1. The summed E-state index contributed by atoms with van der Waals surface area (Å²) in [5, 5.41) is 3.00. The van der Waals surface area contributed by atoms with E-state index in [9.17, 15) is 9.59 Å². The normalized spacial score (nSPS) is 11.7. The number of benzene rings is 3. The number of ether oxygens (including phenoxy) is 1. The van der Waals surface area contributed by atoms with Gasteiger partial charge < -0.3 is 15.0 Å². The van der Waals surface area contributed by atoms with Crippen molar-refractivity contribution >= 4 is 27.7 Å². The highest BCUT2D eigenvalue weighted by atomic mass is 79.9. The van der Waals surface area contributed by atoms with Gasteiger partial charge in [-0.2, -0.15) is 0 Å². The van der Waals surface area contributed by atoms with Crippen LogP contribution in [0.4, 0.5) is 0 Å². The van der Waals surface area contributed by atoms with Crippen molar-refractivity contribution in [3.63, 3.8) is 0 Å². The maximum atomic E-state index is 13.6. The van der Waals surface area contributed by atoms with Crippen LogP contribution >= 0.6 is 15.9 Å². The molecular weight excluding hydrogens is 504 g/mol. The first kappa shape index (κ1) is 26.5. The lowest BCUT2D eigenvalue weighted by Gasteiger charge is -2.32. The van der Waals surface area contributed by atoms with Crippen molar-refractivity contribution in [3.8, 4) is 5.75 Å². The van der Waals surface area contributed by atoms with E-state index in [1.165, 1.54) is 0 Å². The molecule has 0 saturated heterocycles. The van der Waals surface area contributed by atoms with Crippen LogP contribution in [0.25, 0.3) is 0 Å². The van der Waals surface area contributed by atoms with Crippen LogP contribution in [0.1, 0.15) is 36.1 Å². The molecule has 0 aliphatic heterocycles. The molecule has 0 heterocycles. The van der Waals surface area contributed by atoms with Gasteiger partial charge in [-0.25, -0.2) is 0 Å². The number of hydrogen-bond acceptors (Lipinski definition) is 3. The number of amides is 2. The SMILES string of the molecule is Cc1ccc(C)c(OCC(=O)N(Cc2ccc(Br)cc2)[C@@H](Cc2ccccc2)C(=O)NC(C)C)c1. The molecule has 3 aromatic carbocycles. The van der Waals surface area contributed by atoms with E-state index in [1.807, 2.05) is 100 Å². The van der Waals surface area contributed by atoms with Crippen molar-refractivity contribution in [1.82, 2.24) is 10.2 Å². The molecule has 0 unspecified atom stereocenters. The Morgan fingerprint density at radius 2 is 1.63 bits per heavy atom. The second kappa shape index (κ2) is 12.5. The van der Waals surface area contributed by atoms with Crippen LogP contribution in [0, 0.1) is 13.8 Å². The molecule has 0 aliphatic rings. The minimum Gasteiger partial charge on any atom is -0.483 e. The summed E-state index contributed by atoms with van der Waals surface area (Å²) in [6.45, 7) is 7.92. The first-order chi connectivity index (χ1) is 16.7. The zero-order valence-electron chi connectivity index (χ0n) is 20.8. The van der Waals surface area contributed by atoms with Gasteiger partial charge in [0.1, 0.15) is 11.8 Å². The fraction of sp³-hybridized carbons (Fsp3) is 0.310. The summed E-state index contributed by atoms with van der Waals surface area (Å²) in [7, 11) is 0. The van der Waals surface area contributed by atoms with E-state index in [-0.39, 0.29) is 24.5 Å². The van der Waals surface area contributed by atoms with E-state index < -0.39 is 6.04 Å². The predicted molar refractivity (Wildman–Crippen MR) is 143 cm³/mol. The van der Waals surface area contributed by atoms with E-state index in [1.54, 1.807) is 4.90 Å². The van der Waals surface area contributed by atoms with Gasteiger partial charge in [-0.05, 0) is 68.1 Å². The summed E-state index contributed by atoms with van der Waals surface area (Å²) in [6.07, 6.45) is 0.408. The van der Waals surface area contributed by atoms with Gasteiger partial charge in [0.25, 0.3) is 5.91 Å². The van der Waals surface area contributed by atoms with Crippen molar-refractivity contribution in [3.05, 3.63) is 99.5 Å². The Bertz CT molecular complexity index is 1130. The number of rotatable bonds is 10. The van der Waals surface area contributed by atoms with Gasteiger partial charge in [0.2, 0.25) is 5.91 Å². The van der Waals surface area contributed by atoms with Gasteiger partial charge in [0, 0.05) is 23.5 Å². The average molecular weight is 537 g/mol. The fourth-order valence-electron chi connectivity index (χ4n) is 3.81. The van der Waals surface area contributed by atoms with E-state index in [4.69, 9.17) is 4.74 Å². The average Bonchev–Trinajstić information content (AvgIpc) is 2.83. The highest BCUT2D eigenvalue weighted by Crippen LogP contribution is 2.21. The Balaban J connectivity index is 1.91. The first-order valence-electron chi connectivity index (χ1n) is 11.8. The minimum absolute atomic E-state index is 0.0448. The third-order valence-electron chi connectivity index (χ3n) is 5.66. The highest BCUT2D eigenvalue weighted by Gasteiger charge is 2.31. The van der Waals surface area contributed by atoms with Gasteiger partial charge in [0.15, 0.2) is 6.61 Å². The third-order valence-corrected chi connectivity index (χ3v) is 6.19. The van der Waals surface area contributed by atoms with Crippen LogP contribution in [-0.4, -0.2) is 35.4 Å². The summed E-state index contributed by atoms with van der Waals surface area (Å²) in [4.78, 5) is 28.6. The number of nitrogens with zero attached hydrogens (tertiary/aromatic N) is 1. The maximum absolute atomic E-state index is 13.6. The Kier molecular flexibility index (Phi) is 9.49. The molecule has 3 rings (SSSR count). The Labute approximate surface area is 216 Å². The largest absolute Gasteiger partial charge is 0.483 e. The lowest BCUT2D eigenvalue weighted by molar-refractivity contribution is -0.143. The predicted octanol–water partition coefficient (Wildman–Crippen LogP) is 5.61. The molecular formula is C29H33BrN2O3. The first-order valence-corrected chi connectivity index (χ1v) is 12.6. The second-order valence-electron chi connectivity index (χ2n) is 9.07. The van der Waals surface area contributed by atoms with Gasteiger partial charge in [-0.1, -0.05) is 70.5 Å². The summed E-state index contributed by atoms with van der Waals surface area (Å²) in [6, 6.07) is 22.7. The molecule has 35 heavy (non-hydrogen) atoms. The van der Waals surface area contributed by atoms with Crippen LogP contribution < -0.4 is 10.1 Å². The van der Waals surface area contributed by atoms with Crippen LogP contribution in [0.2, 0.25) is 0 Å². The Hall–Kier alpha value is -3.12. The van der Waals surface area contributed by atoms with Gasteiger partial charge in [-0.3, -0.25) is 9.59 Å². The molecule has 6 heteroatoms. The van der Waals surface area contributed by atoms with E-state index in [0.717, 1.165) is 26.7 Å². The van der Waals surface area contributed by atoms with Crippen molar-refractivity contribution in [2.45, 2.75) is 52.7 Å². The summed E-state index contributed by atoms with van der Waals surface area (Å²) < 4.78 is 6.90. The number of hydrogen-bond donors (Lipinski definition) is 1. The molecule has 0 aliphatic carbocycles. The lowest BCUT2D eigenvalue weighted by atomic mass is 10.0. The smallest absolute Gasteiger partial charge is 0.261 e. The van der Waals surface area contributed by atoms with Gasteiger partial charge in [-0.15, -0.1) is 0 Å². The quantitative estimate of drug-likeness (QED) is 0.366. The zero-order chi connectivity index (χ0) is 25.4. The van der Waals surface area contributed by atoms with Crippen LogP contribution in [0.5, 0.6) is 5.75 Å². The van der Waals surface area contributed by atoms with E-state index in [0.29, 0.717) is 18.7 Å². The second-order valence-corrected chi connectivity index (χ2v) is 9.99. The number of carbonyl (C=O) groups excluding carboxylic acids is 2. The Morgan fingerprint density at radius 3 is 2.29 bits per heavy atom. The zero-order valence-corrected chi connectivity index (χ0v) is 22.3. The van der Waals surface area contributed by atoms with Gasteiger partial charge >= 0.3 is 0 Å². The van der Waals surface area contributed by atoms with Crippen molar-refractivity contribution in [2.24, 2.45) is 0 Å². The molecule has 184 valence electrons. The standard InChI is InChI=1S/C29H33BrN2O3/c1-20(2)31-29(34)26(17-23-8-6-5-7-9-23)32(18-24-12-14-25(30)15-13-24)28(33)19-35-27-16-21(3)10-11-22(27)4/h5-16,20,26H,17-19H2,1-4H3,(H,31,34)/t26-/m0/s1. The molecule has 5 nitrogen and oxygen atoms in total. The van der Waals surface area contributed by atoms with Crippen molar-refractivity contribution < 1.29 is 14.3 Å². The topological polar surface area (TPSA) is 58.6 Å². The molecule has 1 atom stereocenters. The van der Waals surface area contributed by atoms with E-state index in [2.05, 4.69) is 21.2 Å². The number of carbonyl (C=O) groups is 2. The number of nitrogens with one attached hydrogen (secondary N) is 1. The van der Waals surface area contributed by atoms with Crippen molar-refractivity contribution in [2.75, 3.05) is 6.61 Å². The summed E-state index contributed by atoms with van der Waals surface area (Å²) >= 11 is 3.46. The van der Waals surface area contributed by atoms with Crippen LogP contribution in [-0.2, 0) is 22.6 Å². The summed E-state index contributed by atoms with van der Waals surface area (Å²) in [5.41, 5.74) is 3.94. The summed E-state index contributed by atoms with van der Waals surface area (Å²) in [5.74, 6) is 0.253. The Morgan fingerprint density at radius 1 is 0.943 bits per heavy atom. The molecule has 0 radical (unpaired) electrons. The van der Waals surface area contributed by atoms with Crippen LogP contribution in [0.3, 0.4) is 0 Å². The third kappa shape index (κ3) is 7.96. The maximum Gasteiger partial charge on any atom is 0.261 e. The number of aryl methyl sites for hydroxylation is 2. The fourth-order valence-corrected chi connectivity index (χ4v) is 4.07. The lowest BCUT2D eigenvalue weighted by Crippen LogP contribution is -2.52. The molecule has 0 saturated carbocycles.